The third-order valence-corrected chi connectivity index (χ3v) is 5.71. The Morgan fingerprint density at radius 2 is 2.08 bits per heavy atom. The second-order valence-corrected chi connectivity index (χ2v) is 7.60. The van der Waals surface area contributed by atoms with Gasteiger partial charge in [0.25, 0.3) is 11.1 Å². The highest BCUT2D eigenvalue weighted by Gasteiger charge is 2.29. The first kappa shape index (κ1) is 18.4. The Morgan fingerprint density at radius 1 is 1.31 bits per heavy atom. The van der Waals surface area contributed by atoms with Crippen molar-refractivity contribution in [2.75, 3.05) is 18.8 Å². The summed E-state index contributed by atoms with van der Waals surface area (Å²) in [6.07, 6.45) is -0.980. The van der Waals surface area contributed by atoms with E-state index in [1.54, 1.807) is 6.07 Å². The topological polar surface area (TPSA) is 92.8 Å². The van der Waals surface area contributed by atoms with Crippen LogP contribution in [0, 0.1) is 0 Å². The maximum Gasteiger partial charge on any atom is 0.349 e. The zero-order valence-corrected chi connectivity index (χ0v) is 15.5. The van der Waals surface area contributed by atoms with Gasteiger partial charge in [0.05, 0.1) is 5.75 Å². The predicted octanol–water partition coefficient (Wildman–Crippen LogP) is 2.26. The van der Waals surface area contributed by atoms with Crippen LogP contribution >= 0.6 is 23.1 Å². The number of carbonyl (C=O) groups is 4. The molecule has 1 aliphatic rings. The second-order valence-electron chi connectivity index (χ2n) is 5.59. The van der Waals surface area contributed by atoms with Crippen molar-refractivity contribution >= 4 is 56.2 Å². The summed E-state index contributed by atoms with van der Waals surface area (Å²) in [6, 6.07) is 9.31. The Hall–Kier alpha value is -2.39. The van der Waals surface area contributed by atoms with E-state index >= 15 is 0 Å². The van der Waals surface area contributed by atoms with Gasteiger partial charge in [0.1, 0.15) is 4.88 Å². The summed E-state index contributed by atoms with van der Waals surface area (Å²) in [4.78, 5) is 48.7. The number of thiophene rings is 1. The molecule has 0 radical (unpaired) electrons. The van der Waals surface area contributed by atoms with Crippen LogP contribution in [0.5, 0.6) is 0 Å². The molecule has 3 rings (SSSR count). The number of esters is 1. The first-order valence-corrected chi connectivity index (χ1v) is 9.70. The Labute approximate surface area is 157 Å². The van der Waals surface area contributed by atoms with E-state index in [9.17, 15) is 19.2 Å². The summed E-state index contributed by atoms with van der Waals surface area (Å²) < 4.78 is 6.17. The number of imide groups is 1. The minimum absolute atomic E-state index is 0.105. The Bertz CT molecular complexity index is 830. The molecule has 1 aromatic carbocycles. The fraction of sp³-hybridized carbons (Fsp3) is 0.294. The monoisotopic (exact) mass is 392 g/mol. The van der Waals surface area contributed by atoms with Crippen molar-refractivity contribution in [3.05, 3.63) is 35.2 Å². The minimum Gasteiger partial charge on any atom is -0.448 e. The van der Waals surface area contributed by atoms with Crippen LogP contribution in [0.4, 0.5) is 4.79 Å². The maximum absolute atomic E-state index is 12.2. The van der Waals surface area contributed by atoms with E-state index in [1.807, 2.05) is 24.3 Å². The molecular formula is C17H16N2O5S2. The number of rotatable bonds is 6. The molecule has 26 heavy (non-hydrogen) atoms. The average molecular weight is 392 g/mol. The van der Waals surface area contributed by atoms with E-state index in [2.05, 4.69) is 5.32 Å². The van der Waals surface area contributed by atoms with Gasteiger partial charge in [0, 0.05) is 17.8 Å². The summed E-state index contributed by atoms with van der Waals surface area (Å²) in [5.41, 5.74) is 0. The van der Waals surface area contributed by atoms with Gasteiger partial charge in [-0.1, -0.05) is 30.0 Å². The molecule has 1 atom stereocenters. The fourth-order valence-corrected chi connectivity index (χ4v) is 4.08. The van der Waals surface area contributed by atoms with Gasteiger partial charge in [-0.15, -0.1) is 11.3 Å². The van der Waals surface area contributed by atoms with E-state index in [0.29, 0.717) is 4.88 Å². The van der Waals surface area contributed by atoms with E-state index < -0.39 is 18.0 Å². The lowest BCUT2D eigenvalue weighted by atomic mass is 10.2. The van der Waals surface area contributed by atoms with Crippen molar-refractivity contribution in [3.8, 4) is 0 Å². The van der Waals surface area contributed by atoms with Crippen LogP contribution in [-0.4, -0.2) is 52.9 Å². The Morgan fingerprint density at radius 3 is 2.77 bits per heavy atom. The number of fused-ring (bicyclic) bond motifs is 1. The predicted molar refractivity (Wildman–Crippen MR) is 99.3 cm³/mol. The summed E-state index contributed by atoms with van der Waals surface area (Å²) >= 11 is 2.25. The van der Waals surface area contributed by atoms with Crippen molar-refractivity contribution < 1.29 is 23.9 Å². The van der Waals surface area contributed by atoms with Crippen molar-refractivity contribution in [1.29, 1.82) is 0 Å². The Balaban J connectivity index is 1.49. The van der Waals surface area contributed by atoms with Gasteiger partial charge in [0.2, 0.25) is 5.91 Å². The number of nitrogens with one attached hydrogen (secondary N) is 1. The minimum atomic E-state index is -0.980. The second kappa shape index (κ2) is 7.88. The molecule has 0 bridgehead atoms. The maximum atomic E-state index is 12.2. The quantitative estimate of drug-likeness (QED) is 0.758. The SMILES string of the molecule is C[C@H](OC(=O)c1cc2ccccc2s1)C(=O)NCCN1C(=O)CSC1=O. The molecule has 2 heterocycles. The van der Waals surface area contributed by atoms with Gasteiger partial charge < -0.3 is 10.1 Å². The van der Waals surface area contributed by atoms with Gasteiger partial charge in [-0.05, 0) is 24.4 Å². The molecule has 9 heteroatoms. The standard InChI is InChI=1S/C17H16N2O5S2/c1-10(15(21)18-6-7-19-14(20)9-25-17(19)23)24-16(22)13-8-11-4-2-3-5-12(11)26-13/h2-5,8,10H,6-7,9H2,1H3,(H,18,21)/t10-/m0/s1. The summed E-state index contributed by atoms with van der Waals surface area (Å²) in [6.45, 7) is 1.69. The molecule has 1 aromatic heterocycles. The number of thioether (sulfide) groups is 1. The van der Waals surface area contributed by atoms with Crippen LogP contribution < -0.4 is 5.32 Å². The lowest BCUT2D eigenvalue weighted by Gasteiger charge is -2.15. The van der Waals surface area contributed by atoms with Gasteiger partial charge in [-0.25, -0.2) is 4.79 Å². The zero-order chi connectivity index (χ0) is 18.7. The number of nitrogens with zero attached hydrogens (tertiary/aromatic N) is 1. The van der Waals surface area contributed by atoms with E-state index in [-0.39, 0.29) is 30.0 Å². The average Bonchev–Trinajstić information content (AvgIpc) is 3.19. The molecule has 0 saturated carbocycles. The molecule has 3 amide bonds. The number of hydrogen-bond acceptors (Lipinski definition) is 7. The lowest BCUT2D eigenvalue weighted by molar-refractivity contribution is -0.130. The first-order chi connectivity index (χ1) is 12.5. The van der Waals surface area contributed by atoms with E-state index in [4.69, 9.17) is 4.74 Å². The zero-order valence-electron chi connectivity index (χ0n) is 13.9. The van der Waals surface area contributed by atoms with Crippen LogP contribution in [-0.2, 0) is 14.3 Å². The number of carbonyl (C=O) groups excluding carboxylic acids is 4. The largest absolute Gasteiger partial charge is 0.448 e. The molecule has 0 unspecified atom stereocenters. The van der Waals surface area contributed by atoms with E-state index in [1.165, 1.54) is 18.3 Å². The highest BCUT2D eigenvalue weighted by atomic mass is 32.2. The van der Waals surface area contributed by atoms with Gasteiger partial charge >= 0.3 is 5.97 Å². The first-order valence-electron chi connectivity index (χ1n) is 7.90. The fourth-order valence-electron chi connectivity index (χ4n) is 2.39. The molecular weight excluding hydrogens is 376 g/mol. The van der Waals surface area contributed by atoms with Crippen LogP contribution in [0.1, 0.15) is 16.6 Å². The van der Waals surface area contributed by atoms with Gasteiger partial charge in [-0.2, -0.15) is 0 Å². The summed E-state index contributed by atoms with van der Waals surface area (Å²) in [5, 5.41) is 3.20. The smallest absolute Gasteiger partial charge is 0.349 e. The molecule has 7 nitrogen and oxygen atoms in total. The number of ether oxygens (including phenoxy) is 1. The van der Waals surface area contributed by atoms with Crippen molar-refractivity contribution in [2.24, 2.45) is 0 Å². The number of amides is 3. The molecule has 1 fully saturated rings. The molecule has 1 saturated heterocycles. The molecule has 0 spiro atoms. The molecule has 2 aromatic rings. The number of benzene rings is 1. The van der Waals surface area contributed by atoms with Gasteiger partial charge in [0.15, 0.2) is 6.10 Å². The van der Waals surface area contributed by atoms with Crippen LogP contribution in [0.3, 0.4) is 0 Å². The highest BCUT2D eigenvalue weighted by molar-refractivity contribution is 8.14. The third kappa shape index (κ3) is 4.05. The van der Waals surface area contributed by atoms with Crippen molar-refractivity contribution in [3.63, 3.8) is 0 Å². The third-order valence-electron chi connectivity index (χ3n) is 3.75. The molecule has 1 N–H and O–H groups in total. The van der Waals surface area contributed by atoms with Crippen LogP contribution in [0.15, 0.2) is 30.3 Å². The van der Waals surface area contributed by atoms with Crippen molar-refractivity contribution in [1.82, 2.24) is 10.2 Å². The highest BCUT2D eigenvalue weighted by Crippen LogP contribution is 2.26. The normalized spacial score (nSPS) is 15.3. The van der Waals surface area contributed by atoms with Crippen molar-refractivity contribution in [2.45, 2.75) is 13.0 Å². The van der Waals surface area contributed by atoms with E-state index in [0.717, 1.165) is 26.7 Å². The summed E-state index contributed by atoms with van der Waals surface area (Å²) in [5.74, 6) is -1.17. The molecule has 136 valence electrons. The van der Waals surface area contributed by atoms with Crippen LogP contribution in [0.25, 0.3) is 10.1 Å². The molecule has 1 aliphatic heterocycles. The Kier molecular flexibility index (Phi) is 5.58. The van der Waals surface area contributed by atoms with Gasteiger partial charge in [-0.3, -0.25) is 19.3 Å². The van der Waals surface area contributed by atoms with Crippen LogP contribution in [0.2, 0.25) is 0 Å². The molecule has 0 aliphatic carbocycles. The number of hydrogen-bond donors (Lipinski definition) is 1. The summed E-state index contributed by atoms with van der Waals surface area (Å²) in [7, 11) is 0. The lowest BCUT2D eigenvalue weighted by Crippen LogP contribution is -2.41.